The average Bonchev–Trinajstić information content (AvgIpc) is 2.64. The second kappa shape index (κ2) is 5.61. The first-order valence-corrected chi connectivity index (χ1v) is 7.58. The molecule has 17 heavy (non-hydrogen) atoms. The van der Waals surface area contributed by atoms with Crippen LogP contribution in [0.15, 0.2) is 4.99 Å². The summed E-state index contributed by atoms with van der Waals surface area (Å²) in [4.78, 5) is 4.61. The van der Waals surface area contributed by atoms with Gasteiger partial charge in [0.2, 0.25) is 0 Å². The van der Waals surface area contributed by atoms with Crippen molar-refractivity contribution in [3.05, 3.63) is 0 Å². The van der Waals surface area contributed by atoms with Crippen LogP contribution in [0.5, 0.6) is 0 Å². The molecule has 1 N–H and O–H groups in total. The Bertz CT molecular complexity index is 291. The minimum atomic E-state index is 0.0164. The van der Waals surface area contributed by atoms with Gasteiger partial charge >= 0.3 is 0 Å². The molecule has 3 nitrogen and oxygen atoms in total. The zero-order valence-electron chi connectivity index (χ0n) is 11.2. The fourth-order valence-electron chi connectivity index (χ4n) is 2.50. The summed E-state index contributed by atoms with van der Waals surface area (Å²) in [6.45, 7) is 8.44. The maximum Gasteiger partial charge on any atom is 0.157 e. The molecule has 0 spiro atoms. The summed E-state index contributed by atoms with van der Waals surface area (Å²) in [7, 11) is 0. The van der Waals surface area contributed by atoms with Gasteiger partial charge in [-0.2, -0.15) is 0 Å². The first-order chi connectivity index (χ1) is 8.09. The van der Waals surface area contributed by atoms with E-state index in [4.69, 9.17) is 4.74 Å². The van der Waals surface area contributed by atoms with E-state index in [1.54, 1.807) is 0 Å². The van der Waals surface area contributed by atoms with Crippen molar-refractivity contribution in [2.75, 3.05) is 13.2 Å². The number of rotatable bonds is 3. The zero-order chi connectivity index (χ0) is 12.3. The van der Waals surface area contributed by atoms with E-state index in [0.29, 0.717) is 11.3 Å². The minimum Gasteiger partial charge on any atom is -0.375 e. The van der Waals surface area contributed by atoms with Gasteiger partial charge in [0.15, 0.2) is 5.17 Å². The minimum absolute atomic E-state index is 0.0164. The molecule has 0 aromatic carbocycles. The summed E-state index contributed by atoms with van der Waals surface area (Å²) in [5.74, 6) is 0. The van der Waals surface area contributed by atoms with Crippen molar-refractivity contribution in [1.29, 1.82) is 0 Å². The Morgan fingerprint density at radius 2 is 2.35 bits per heavy atom. The SMILES string of the molecule is CCCC1CN=C(NC2CCOC(C)(C)C2)S1. The molecular weight excluding hydrogens is 232 g/mol. The smallest absolute Gasteiger partial charge is 0.157 e. The number of amidine groups is 1. The van der Waals surface area contributed by atoms with Crippen molar-refractivity contribution in [2.24, 2.45) is 4.99 Å². The highest BCUT2D eigenvalue weighted by atomic mass is 32.2. The first kappa shape index (κ1) is 13.2. The molecule has 2 atom stereocenters. The topological polar surface area (TPSA) is 33.6 Å². The maximum absolute atomic E-state index is 5.73. The van der Waals surface area contributed by atoms with Crippen LogP contribution in [0.1, 0.15) is 46.5 Å². The molecular formula is C13H24N2OS. The van der Waals surface area contributed by atoms with E-state index in [0.717, 1.165) is 31.2 Å². The van der Waals surface area contributed by atoms with Gasteiger partial charge < -0.3 is 10.1 Å². The van der Waals surface area contributed by atoms with Gasteiger partial charge in [0.25, 0.3) is 0 Å². The summed E-state index contributed by atoms with van der Waals surface area (Å²) in [6, 6.07) is 0.533. The normalized spacial score (nSPS) is 32.3. The van der Waals surface area contributed by atoms with E-state index >= 15 is 0 Å². The Balaban J connectivity index is 1.78. The molecule has 1 fully saturated rings. The highest BCUT2D eigenvalue weighted by Gasteiger charge is 2.30. The summed E-state index contributed by atoms with van der Waals surface area (Å²) in [6.07, 6.45) is 4.70. The Morgan fingerprint density at radius 1 is 1.53 bits per heavy atom. The monoisotopic (exact) mass is 256 g/mol. The van der Waals surface area contributed by atoms with Crippen molar-refractivity contribution >= 4 is 16.9 Å². The number of aliphatic imine (C=N–C) groups is 1. The van der Waals surface area contributed by atoms with Crippen LogP contribution in [0.4, 0.5) is 0 Å². The largest absolute Gasteiger partial charge is 0.375 e. The molecule has 0 radical (unpaired) electrons. The lowest BCUT2D eigenvalue weighted by molar-refractivity contribution is -0.0603. The second-order valence-corrected chi connectivity index (χ2v) is 6.91. The van der Waals surface area contributed by atoms with Crippen LogP contribution in [-0.4, -0.2) is 35.2 Å². The van der Waals surface area contributed by atoms with E-state index in [2.05, 4.69) is 31.1 Å². The average molecular weight is 256 g/mol. The maximum atomic E-state index is 5.73. The third-order valence-electron chi connectivity index (χ3n) is 3.35. The highest BCUT2D eigenvalue weighted by molar-refractivity contribution is 8.14. The lowest BCUT2D eigenvalue weighted by Gasteiger charge is -2.36. The van der Waals surface area contributed by atoms with Gasteiger partial charge in [0, 0.05) is 17.9 Å². The van der Waals surface area contributed by atoms with Crippen molar-refractivity contribution in [3.8, 4) is 0 Å². The molecule has 0 saturated carbocycles. The van der Waals surface area contributed by atoms with Crippen molar-refractivity contribution in [2.45, 2.75) is 63.3 Å². The fraction of sp³-hybridized carbons (Fsp3) is 0.923. The number of thioether (sulfide) groups is 1. The van der Waals surface area contributed by atoms with Crippen LogP contribution in [-0.2, 0) is 4.74 Å². The number of nitrogens with one attached hydrogen (secondary N) is 1. The van der Waals surface area contributed by atoms with Crippen LogP contribution in [0, 0.1) is 0 Å². The van der Waals surface area contributed by atoms with E-state index in [1.807, 2.05) is 11.8 Å². The Labute approximate surface area is 109 Å². The van der Waals surface area contributed by atoms with Gasteiger partial charge in [0.05, 0.1) is 12.1 Å². The molecule has 2 unspecified atom stereocenters. The van der Waals surface area contributed by atoms with Crippen LogP contribution in [0.3, 0.4) is 0 Å². The van der Waals surface area contributed by atoms with Crippen molar-refractivity contribution in [1.82, 2.24) is 5.32 Å². The third kappa shape index (κ3) is 3.88. The molecule has 0 amide bonds. The van der Waals surface area contributed by atoms with Gasteiger partial charge in [-0.1, -0.05) is 25.1 Å². The molecule has 4 heteroatoms. The zero-order valence-corrected chi connectivity index (χ0v) is 12.0. The lowest BCUT2D eigenvalue weighted by Crippen LogP contribution is -2.45. The molecule has 2 aliphatic heterocycles. The van der Waals surface area contributed by atoms with Crippen LogP contribution < -0.4 is 5.32 Å². The summed E-state index contributed by atoms with van der Waals surface area (Å²) in [5.41, 5.74) is 0.0164. The highest BCUT2D eigenvalue weighted by Crippen LogP contribution is 2.27. The van der Waals surface area contributed by atoms with Crippen LogP contribution >= 0.6 is 11.8 Å². The molecule has 0 bridgehead atoms. The predicted octanol–water partition coefficient (Wildman–Crippen LogP) is 2.81. The van der Waals surface area contributed by atoms with Gasteiger partial charge in [-0.25, -0.2) is 0 Å². The third-order valence-corrected chi connectivity index (χ3v) is 4.54. The van der Waals surface area contributed by atoms with Gasteiger partial charge in [-0.15, -0.1) is 0 Å². The van der Waals surface area contributed by atoms with Gasteiger partial charge in [0.1, 0.15) is 0 Å². The Kier molecular flexibility index (Phi) is 4.36. The Morgan fingerprint density at radius 3 is 3.06 bits per heavy atom. The summed E-state index contributed by atoms with van der Waals surface area (Å²) in [5, 5.41) is 5.46. The molecule has 0 aliphatic carbocycles. The van der Waals surface area contributed by atoms with E-state index in [1.165, 1.54) is 12.8 Å². The summed E-state index contributed by atoms with van der Waals surface area (Å²) < 4.78 is 5.73. The number of ether oxygens (including phenoxy) is 1. The first-order valence-electron chi connectivity index (χ1n) is 6.70. The van der Waals surface area contributed by atoms with E-state index in [-0.39, 0.29) is 5.60 Å². The quantitative estimate of drug-likeness (QED) is 0.843. The van der Waals surface area contributed by atoms with Gasteiger partial charge in [-0.05, 0) is 33.1 Å². The fourth-order valence-corrected chi connectivity index (χ4v) is 3.70. The number of hydrogen-bond acceptors (Lipinski definition) is 4. The summed E-state index contributed by atoms with van der Waals surface area (Å²) >= 11 is 1.93. The molecule has 1 saturated heterocycles. The molecule has 0 aromatic heterocycles. The van der Waals surface area contributed by atoms with Crippen LogP contribution in [0.2, 0.25) is 0 Å². The standard InChI is InChI=1S/C13H24N2OS/c1-4-5-11-9-14-12(17-11)15-10-6-7-16-13(2,3)8-10/h10-11H,4-9H2,1-3H3,(H,14,15). The second-order valence-electron chi connectivity index (χ2n) is 5.62. The molecule has 98 valence electrons. The molecule has 0 aromatic rings. The molecule has 2 aliphatic rings. The van der Waals surface area contributed by atoms with E-state index in [9.17, 15) is 0 Å². The molecule has 2 heterocycles. The number of nitrogens with zero attached hydrogens (tertiary/aromatic N) is 1. The van der Waals surface area contributed by atoms with Crippen molar-refractivity contribution in [3.63, 3.8) is 0 Å². The van der Waals surface area contributed by atoms with Gasteiger partial charge in [-0.3, -0.25) is 4.99 Å². The predicted molar refractivity (Wildman–Crippen MR) is 74.8 cm³/mol. The number of hydrogen-bond donors (Lipinski definition) is 1. The Hall–Kier alpha value is -0.220. The molecule has 2 rings (SSSR count). The van der Waals surface area contributed by atoms with E-state index < -0.39 is 0 Å². The lowest BCUT2D eigenvalue weighted by atomic mass is 9.94. The van der Waals surface area contributed by atoms with Crippen molar-refractivity contribution < 1.29 is 4.74 Å². The van der Waals surface area contributed by atoms with Crippen LogP contribution in [0.25, 0.3) is 0 Å².